The molecule has 0 saturated heterocycles. The third kappa shape index (κ3) is 3.22. The standard InChI is InChI=1S/C12H13BrN2O2S/c1-15-7-6-10(9-15)8-14-18(16,17)12-4-2-11(13)3-5-12/h2-7,9,14H,8H2,1H3. The van der Waals surface area contributed by atoms with Gasteiger partial charge in [0.25, 0.3) is 0 Å². The van der Waals surface area contributed by atoms with E-state index in [4.69, 9.17) is 0 Å². The van der Waals surface area contributed by atoms with Gasteiger partial charge < -0.3 is 4.57 Å². The SMILES string of the molecule is Cn1ccc(CNS(=O)(=O)c2ccc(Br)cc2)c1. The largest absolute Gasteiger partial charge is 0.357 e. The molecule has 1 aromatic carbocycles. The highest BCUT2D eigenvalue weighted by molar-refractivity contribution is 9.10. The Kier molecular flexibility index (Phi) is 3.89. The lowest BCUT2D eigenvalue weighted by molar-refractivity contribution is 0.581. The van der Waals surface area contributed by atoms with Gasteiger partial charge >= 0.3 is 0 Å². The lowest BCUT2D eigenvalue weighted by Crippen LogP contribution is -2.22. The zero-order valence-corrected chi connectivity index (χ0v) is 12.2. The van der Waals surface area contributed by atoms with Crippen LogP contribution in [0.2, 0.25) is 0 Å². The van der Waals surface area contributed by atoms with E-state index in [0.29, 0.717) is 6.54 Å². The van der Waals surface area contributed by atoms with Crippen LogP contribution in [0.15, 0.2) is 52.1 Å². The number of nitrogens with zero attached hydrogens (tertiary/aromatic N) is 1. The van der Waals surface area contributed by atoms with Crippen molar-refractivity contribution in [1.82, 2.24) is 9.29 Å². The zero-order chi connectivity index (χ0) is 13.2. The predicted molar refractivity (Wildman–Crippen MR) is 73.6 cm³/mol. The summed E-state index contributed by atoms with van der Waals surface area (Å²) < 4.78 is 29.3. The lowest BCUT2D eigenvalue weighted by atomic mass is 10.3. The number of aryl methyl sites for hydroxylation is 1. The average molecular weight is 329 g/mol. The molecule has 0 fully saturated rings. The van der Waals surface area contributed by atoms with Gasteiger partial charge in [0.2, 0.25) is 10.0 Å². The van der Waals surface area contributed by atoms with Gasteiger partial charge in [-0.3, -0.25) is 0 Å². The minimum Gasteiger partial charge on any atom is -0.357 e. The number of hydrogen-bond donors (Lipinski definition) is 1. The monoisotopic (exact) mass is 328 g/mol. The number of benzene rings is 1. The summed E-state index contributed by atoms with van der Waals surface area (Å²) in [5.41, 5.74) is 0.929. The molecule has 6 heteroatoms. The molecular weight excluding hydrogens is 316 g/mol. The number of halogens is 1. The van der Waals surface area contributed by atoms with Gasteiger partial charge in [-0.05, 0) is 35.9 Å². The van der Waals surface area contributed by atoms with Crippen LogP contribution in [-0.4, -0.2) is 13.0 Å². The quantitative estimate of drug-likeness (QED) is 0.935. The molecule has 0 aliphatic carbocycles. The van der Waals surface area contributed by atoms with Crippen molar-refractivity contribution >= 4 is 26.0 Å². The van der Waals surface area contributed by atoms with E-state index in [1.54, 1.807) is 24.3 Å². The first-order valence-corrected chi connectivity index (χ1v) is 7.61. The molecule has 96 valence electrons. The molecule has 0 bridgehead atoms. The van der Waals surface area contributed by atoms with Gasteiger partial charge in [-0.25, -0.2) is 13.1 Å². The molecule has 0 radical (unpaired) electrons. The van der Waals surface area contributed by atoms with Gasteiger partial charge in [-0.2, -0.15) is 0 Å². The molecule has 1 heterocycles. The van der Waals surface area contributed by atoms with Crippen LogP contribution in [0.3, 0.4) is 0 Å². The summed E-state index contributed by atoms with van der Waals surface area (Å²) in [5, 5.41) is 0. The Morgan fingerprint density at radius 1 is 1.22 bits per heavy atom. The number of aromatic nitrogens is 1. The predicted octanol–water partition coefficient (Wildman–Crippen LogP) is 2.27. The highest BCUT2D eigenvalue weighted by Gasteiger charge is 2.13. The van der Waals surface area contributed by atoms with E-state index in [1.807, 2.05) is 30.1 Å². The van der Waals surface area contributed by atoms with E-state index >= 15 is 0 Å². The second kappa shape index (κ2) is 5.26. The van der Waals surface area contributed by atoms with Crippen LogP contribution < -0.4 is 4.72 Å². The highest BCUT2D eigenvalue weighted by Crippen LogP contribution is 2.14. The van der Waals surface area contributed by atoms with E-state index in [1.165, 1.54) is 0 Å². The van der Waals surface area contributed by atoms with E-state index in [-0.39, 0.29) is 4.90 Å². The summed E-state index contributed by atoms with van der Waals surface area (Å²) in [5.74, 6) is 0. The Bertz CT molecular complexity index is 632. The first kappa shape index (κ1) is 13.3. The molecule has 0 atom stereocenters. The fraction of sp³-hybridized carbons (Fsp3) is 0.167. The minimum atomic E-state index is -3.45. The summed E-state index contributed by atoms with van der Waals surface area (Å²) in [6.07, 6.45) is 3.76. The van der Waals surface area contributed by atoms with Crippen LogP contribution >= 0.6 is 15.9 Å². The van der Waals surface area contributed by atoms with Gasteiger partial charge in [-0.15, -0.1) is 0 Å². The molecular formula is C12H13BrN2O2S. The molecule has 0 aliphatic rings. The van der Waals surface area contributed by atoms with Gasteiger partial charge in [0.05, 0.1) is 4.90 Å². The van der Waals surface area contributed by atoms with Crippen molar-refractivity contribution in [2.24, 2.45) is 7.05 Å². The molecule has 0 spiro atoms. The van der Waals surface area contributed by atoms with Crippen molar-refractivity contribution in [2.75, 3.05) is 0 Å². The van der Waals surface area contributed by atoms with Crippen LogP contribution in [0.25, 0.3) is 0 Å². The fourth-order valence-electron chi connectivity index (χ4n) is 1.54. The average Bonchev–Trinajstić information content (AvgIpc) is 2.73. The van der Waals surface area contributed by atoms with E-state index in [9.17, 15) is 8.42 Å². The van der Waals surface area contributed by atoms with Crippen molar-refractivity contribution < 1.29 is 8.42 Å². The third-order valence-electron chi connectivity index (χ3n) is 2.48. The van der Waals surface area contributed by atoms with Crippen molar-refractivity contribution in [3.8, 4) is 0 Å². The van der Waals surface area contributed by atoms with E-state index in [2.05, 4.69) is 20.7 Å². The maximum atomic E-state index is 12.0. The van der Waals surface area contributed by atoms with Crippen molar-refractivity contribution in [3.05, 3.63) is 52.8 Å². The molecule has 0 aliphatic heterocycles. The highest BCUT2D eigenvalue weighted by atomic mass is 79.9. The fourth-order valence-corrected chi connectivity index (χ4v) is 2.82. The van der Waals surface area contributed by atoms with E-state index in [0.717, 1.165) is 10.0 Å². The Morgan fingerprint density at radius 3 is 2.44 bits per heavy atom. The maximum absolute atomic E-state index is 12.0. The van der Waals surface area contributed by atoms with Gasteiger partial charge in [0.1, 0.15) is 0 Å². The molecule has 1 aromatic heterocycles. The third-order valence-corrected chi connectivity index (χ3v) is 4.43. The summed E-state index contributed by atoms with van der Waals surface area (Å²) in [4.78, 5) is 0.265. The van der Waals surface area contributed by atoms with Crippen LogP contribution in [0.5, 0.6) is 0 Å². The lowest BCUT2D eigenvalue weighted by Gasteiger charge is -2.05. The van der Waals surface area contributed by atoms with Gasteiger partial charge in [0.15, 0.2) is 0 Å². The van der Waals surface area contributed by atoms with Gasteiger partial charge in [-0.1, -0.05) is 15.9 Å². The topological polar surface area (TPSA) is 51.1 Å². The Hall–Kier alpha value is -1.11. The summed E-state index contributed by atoms with van der Waals surface area (Å²) in [6.45, 7) is 0.291. The summed E-state index contributed by atoms with van der Waals surface area (Å²) >= 11 is 3.27. The molecule has 0 unspecified atom stereocenters. The Labute approximate surface area is 115 Å². The van der Waals surface area contributed by atoms with Crippen molar-refractivity contribution in [1.29, 1.82) is 0 Å². The maximum Gasteiger partial charge on any atom is 0.240 e. The van der Waals surface area contributed by atoms with Crippen molar-refractivity contribution in [2.45, 2.75) is 11.4 Å². The normalized spacial score (nSPS) is 11.7. The number of hydrogen-bond acceptors (Lipinski definition) is 2. The number of sulfonamides is 1. The molecule has 4 nitrogen and oxygen atoms in total. The van der Waals surface area contributed by atoms with E-state index < -0.39 is 10.0 Å². The first-order chi connectivity index (χ1) is 8.47. The number of rotatable bonds is 4. The second-order valence-electron chi connectivity index (χ2n) is 3.96. The molecule has 0 saturated carbocycles. The van der Waals surface area contributed by atoms with Crippen LogP contribution in [0.1, 0.15) is 5.56 Å². The smallest absolute Gasteiger partial charge is 0.240 e. The van der Waals surface area contributed by atoms with Crippen LogP contribution in [0.4, 0.5) is 0 Å². The van der Waals surface area contributed by atoms with Crippen molar-refractivity contribution in [3.63, 3.8) is 0 Å². The first-order valence-electron chi connectivity index (χ1n) is 5.33. The van der Waals surface area contributed by atoms with Crippen LogP contribution in [0, 0.1) is 0 Å². The zero-order valence-electron chi connectivity index (χ0n) is 9.80. The molecule has 2 aromatic rings. The summed E-state index contributed by atoms with van der Waals surface area (Å²) in [6, 6.07) is 8.42. The summed E-state index contributed by atoms with van der Waals surface area (Å²) in [7, 11) is -1.55. The Balaban J connectivity index is 2.10. The molecule has 18 heavy (non-hydrogen) atoms. The number of nitrogens with one attached hydrogen (secondary N) is 1. The second-order valence-corrected chi connectivity index (χ2v) is 6.65. The van der Waals surface area contributed by atoms with Gasteiger partial charge in [0, 0.05) is 30.5 Å². The Morgan fingerprint density at radius 2 is 1.89 bits per heavy atom. The minimum absolute atomic E-state index is 0.265. The molecule has 0 amide bonds. The van der Waals surface area contributed by atoms with Crippen LogP contribution in [-0.2, 0) is 23.6 Å². The molecule has 1 N–H and O–H groups in total. The molecule has 2 rings (SSSR count).